The van der Waals surface area contributed by atoms with Crippen LogP contribution in [0.4, 0.5) is 0 Å². The molecule has 4 aromatic rings. The minimum absolute atomic E-state index is 0.0686. The molecule has 4 N–H and O–H groups in total. The maximum atomic E-state index is 13.2. The highest BCUT2D eigenvalue weighted by Gasteiger charge is 2.21. The Labute approximate surface area is 248 Å². The molecule has 0 atom stereocenters. The van der Waals surface area contributed by atoms with E-state index in [4.69, 9.17) is 0 Å². The number of amides is 2. The Hall–Kier alpha value is -4.26. The Morgan fingerprint density at radius 3 is 2.17 bits per heavy atom. The summed E-state index contributed by atoms with van der Waals surface area (Å²) in [7, 11) is 0. The van der Waals surface area contributed by atoms with Gasteiger partial charge in [-0.3, -0.25) is 9.59 Å². The van der Waals surface area contributed by atoms with Crippen LogP contribution in [-0.2, 0) is 22.6 Å². The van der Waals surface area contributed by atoms with E-state index in [1.54, 1.807) is 24.3 Å². The van der Waals surface area contributed by atoms with Gasteiger partial charge in [-0.2, -0.15) is 0 Å². The number of benzene rings is 3. The van der Waals surface area contributed by atoms with E-state index in [0.717, 1.165) is 84.8 Å². The highest BCUT2D eigenvalue weighted by molar-refractivity contribution is 5.96. The Morgan fingerprint density at radius 1 is 0.738 bits per heavy atom. The third-order valence-electron chi connectivity index (χ3n) is 7.57. The van der Waals surface area contributed by atoms with Crippen molar-refractivity contribution in [3.05, 3.63) is 83.9 Å². The molecule has 0 unspecified atom stereocenters. The van der Waals surface area contributed by atoms with E-state index in [1.165, 1.54) is 0 Å². The van der Waals surface area contributed by atoms with Gasteiger partial charge in [-0.15, -0.1) is 0 Å². The van der Waals surface area contributed by atoms with Gasteiger partial charge in [-0.1, -0.05) is 62.9 Å². The van der Waals surface area contributed by atoms with Gasteiger partial charge in [0.15, 0.2) is 0 Å². The van der Waals surface area contributed by atoms with Crippen molar-refractivity contribution in [1.82, 2.24) is 15.2 Å². The van der Waals surface area contributed by atoms with Gasteiger partial charge in [0.2, 0.25) is 11.8 Å². The molecular weight excluding hydrogens is 526 g/mol. The number of aromatic hydroxyl groups is 2. The molecule has 0 fully saturated rings. The van der Waals surface area contributed by atoms with Crippen molar-refractivity contribution < 1.29 is 19.8 Å². The second kappa shape index (κ2) is 15.7. The lowest BCUT2D eigenvalue weighted by Crippen LogP contribution is -2.26. The maximum absolute atomic E-state index is 13.2. The van der Waals surface area contributed by atoms with Crippen molar-refractivity contribution in [2.24, 2.45) is 0 Å². The average Bonchev–Trinajstić information content (AvgIpc) is 3.27. The summed E-state index contributed by atoms with van der Waals surface area (Å²) in [6.45, 7) is 4.07. The molecule has 2 amide bonds. The molecule has 0 aliphatic heterocycles. The second-order valence-corrected chi connectivity index (χ2v) is 10.9. The molecule has 4 rings (SSSR count). The molecule has 222 valence electrons. The van der Waals surface area contributed by atoms with E-state index in [-0.39, 0.29) is 29.7 Å². The number of hydrogen-bond donors (Lipinski definition) is 4. The Bertz CT molecular complexity index is 1440. The monoisotopic (exact) mass is 569 g/mol. The number of rotatable bonds is 16. The number of carbonyl (C=O) groups excluding carboxylic acids is 2. The lowest BCUT2D eigenvalue weighted by atomic mass is 10.0. The van der Waals surface area contributed by atoms with Gasteiger partial charge in [0.25, 0.3) is 0 Å². The van der Waals surface area contributed by atoms with E-state index in [0.29, 0.717) is 19.5 Å². The zero-order valence-electron chi connectivity index (χ0n) is 24.6. The Kier molecular flexibility index (Phi) is 11.4. The summed E-state index contributed by atoms with van der Waals surface area (Å²) in [6, 6.07) is 22.5. The van der Waals surface area contributed by atoms with Gasteiger partial charge < -0.3 is 25.4 Å². The van der Waals surface area contributed by atoms with Gasteiger partial charge >= 0.3 is 0 Å². The van der Waals surface area contributed by atoms with Crippen LogP contribution < -0.4 is 10.6 Å². The van der Waals surface area contributed by atoms with Gasteiger partial charge in [-0.25, -0.2) is 0 Å². The van der Waals surface area contributed by atoms with E-state index >= 15 is 0 Å². The summed E-state index contributed by atoms with van der Waals surface area (Å²) in [4.78, 5) is 25.0. The summed E-state index contributed by atoms with van der Waals surface area (Å²) in [5.74, 6) is 0.398. The van der Waals surface area contributed by atoms with Crippen molar-refractivity contribution in [1.29, 1.82) is 0 Å². The summed E-state index contributed by atoms with van der Waals surface area (Å²) < 4.78 is 2.18. The van der Waals surface area contributed by atoms with E-state index < -0.39 is 0 Å². The molecule has 1 aromatic heterocycles. The molecule has 0 spiro atoms. The third kappa shape index (κ3) is 8.62. The van der Waals surface area contributed by atoms with Crippen LogP contribution in [-0.4, -0.2) is 39.7 Å². The average molecular weight is 570 g/mol. The normalized spacial score (nSPS) is 11.1. The molecule has 0 aliphatic carbocycles. The lowest BCUT2D eigenvalue weighted by molar-refractivity contribution is -0.121. The van der Waals surface area contributed by atoms with E-state index in [9.17, 15) is 19.8 Å². The molecule has 0 bridgehead atoms. The van der Waals surface area contributed by atoms with Crippen LogP contribution >= 0.6 is 0 Å². The number of aromatic nitrogens is 1. The SMILES string of the molecule is CCCCNC(=O)CCCCCCCNC(=O)Cc1c(-c2ccc(O)cc2)n(Cc2ccccc2)c2ccc(O)cc12. The number of nitrogens with zero attached hydrogens (tertiary/aromatic N) is 1. The maximum Gasteiger partial charge on any atom is 0.224 e. The van der Waals surface area contributed by atoms with Gasteiger partial charge in [0.05, 0.1) is 12.1 Å². The molecule has 0 aliphatic rings. The number of phenols is 2. The first-order chi connectivity index (χ1) is 20.5. The minimum atomic E-state index is -0.0686. The number of unbranched alkanes of at least 4 members (excludes halogenated alkanes) is 5. The van der Waals surface area contributed by atoms with Gasteiger partial charge in [0, 0.05) is 37.0 Å². The van der Waals surface area contributed by atoms with Crippen LogP contribution in [0.3, 0.4) is 0 Å². The first-order valence-corrected chi connectivity index (χ1v) is 15.2. The molecule has 7 heteroatoms. The van der Waals surface area contributed by atoms with Crippen molar-refractivity contribution in [3.63, 3.8) is 0 Å². The molecular formula is C35H43N3O4. The van der Waals surface area contributed by atoms with Crippen LogP contribution in [0, 0.1) is 0 Å². The molecule has 0 saturated carbocycles. The zero-order valence-corrected chi connectivity index (χ0v) is 24.6. The lowest BCUT2D eigenvalue weighted by Gasteiger charge is -2.14. The number of fused-ring (bicyclic) bond motifs is 1. The first kappa shape index (κ1) is 30.7. The fourth-order valence-corrected chi connectivity index (χ4v) is 5.36. The third-order valence-corrected chi connectivity index (χ3v) is 7.57. The van der Waals surface area contributed by atoms with Crippen molar-refractivity contribution >= 4 is 22.7 Å². The summed E-state index contributed by atoms with van der Waals surface area (Å²) in [5.41, 5.74) is 4.68. The van der Waals surface area contributed by atoms with Crippen LogP contribution in [0.1, 0.15) is 69.4 Å². The standard InChI is InChI=1S/C35H43N3O4/c1-2-3-21-36-33(41)14-10-5-4-6-11-22-37-34(42)24-31-30-23-29(40)19-20-32(30)38(25-26-12-8-7-9-13-26)35(31)27-15-17-28(39)18-16-27/h7-9,12-13,15-20,23,39-40H,2-6,10-11,14,21-22,24-25H2,1H3,(H,36,41)(H,37,42). The Morgan fingerprint density at radius 2 is 1.40 bits per heavy atom. The summed E-state index contributed by atoms with van der Waals surface area (Å²) in [6.07, 6.45) is 7.68. The topological polar surface area (TPSA) is 104 Å². The van der Waals surface area contributed by atoms with Crippen LogP contribution in [0.25, 0.3) is 22.2 Å². The molecule has 0 radical (unpaired) electrons. The van der Waals surface area contributed by atoms with Crippen molar-refractivity contribution in [2.45, 2.75) is 71.3 Å². The van der Waals surface area contributed by atoms with E-state index in [1.807, 2.05) is 36.4 Å². The fourth-order valence-electron chi connectivity index (χ4n) is 5.36. The van der Waals surface area contributed by atoms with Crippen molar-refractivity contribution in [3.8, 4) is 22.8 Å². The number of phenolic OH excluding ortho intramolecular Hbond substituents is 2. The summed E-state index contributed by atoms with van der Waals surface area (Å²) in [5, 5.41) is 27.2. The minimum Gasteiger partial charge on any atom is -0.508 e. The molecule has 7 nitrogen and oxygen atoms in total. The predicted octanol–water partition coefficient (Wildman–Crippen LogP) is 6.68. The molecule has 42 heavy (non-hydrogen) atoms. The second-order valence-electron chi connectivity index (χ2n) is 10.9. The molecule has 3 aromatic carbocycles. The quantitative estimate of drug-likeness (QED) is 0.113. The summed E-state index contributed by atoms with van der Waals surface area (Å²) >= 11 is 0. The van der Waals surface area contributed by atoms with Crippen LogP contribution in [0.5, 0.6) is 11.5 Å². The number of carbonyl (C=O) groups is 2. The zero-order chi connectivity index (χ0) is 29.7. The number of nitrogens with one attached hydrogen (secondary N) is 2. The van der Waals surface area contributed by atoms with Crippen molar-refractivity contribution in [2.75, 3.05) is 13.1 Å². The highest BCUT2D eigenvalue weighted by atomic mass is 16.3. The fraction of sp³-hybridized carbons (Fsp3) is 0.371. The molecule has 0 saturated heterocycles. The number of hydrogen-bond acceptors (Lipinski definition) is 4. The Balaban J connectivity index is 1.41. The molecule has 1 heterocycles. The van der Waals surface area contributed by atoms with Gasteiger partial charge in [-0.05, 0) is 78.4 Å². The van der Waals surface area contributed by atoms with Crippen LogP contribution in [0.15, 0.2) is 72.8 Å². The smallest absolute Gasteiger partial charge is 0.224 e. The van der Waals surface area contributed by atoms with Crippen LogP contribution in [0.2, 0.25) is 0 Å². The first-order valence-electron chi connectivity index (χ1n) is 15.2. The largest absolute Gasteiger partial charge is 0.508 e. The predicted molar refractivity (Wildman–Crippen MR) is 169 cm³/mol. The van der Waals surface area contributed by atoms with Gasteiger partial charge in [0.1, 0.15) is 11.5 Å². The highest BCUT2D eigenvalue weighted by Crippen LogP contribution is 2.37. The van der Waals surface area contributed by atoms with E-state index in [2.05, 4.69) is 34.3 Å².